The van der Waals surface area contributed by atoms with E-state index in [1.165, 1.54) is 44.9 Å². The molecule has 0 atom stereocenters. The van der Waals surface area contributed by atoms with E-state index in [9.17, 15) is 9.90 Å². The average molecular weight is 365 g/mol. The van der Waals surface area contributed by atoms with Crippen LogP contribution in [0.3, 0.4) is 0 Å². The van der Waals surface area contributed by atoms with Crippen molar-refractivity contribution in [3.63, 3.8) is 0 Å². The minimum Gasteiger partial charge on any atom is -0.481 e. The number of carboxylic acid groups (broad SMARTS) is 1. The molecule has 0 radical (unpaired) electrons. The quantitative estimate of drug-likeness (QED) is 0.658. The second-order valence-corrected chi connectivity index (χ2v) is 9.59. The van der Waals surface area contributed by atoms with Crippen LogP contribution in [-0.2, 0) is 9.53 Å². The lowest BCUT2D eigenvalue weighted by atomic mass is 9.78. The van der Waals surface area contributed by atoms with Crippen LogP contribution in [0.2, 0.25) is 0 Å². The molecule has 3 aliphatic carbocycles. The minimum absolute atomic E-state index is 0.247. The zero-order valence-corrected chi connectivity index (χ0v) is 16.2. The van der Waals surface area contributed by atoms with Gasteiger partial charge in [-0.15, -0.1) is 0 Å². The van der Waals surface area contributed by atoms with Gasteiger partial charge in [0.15, 0.2) is 0 Å². The normalized spacial score (nSPS) is 28.8. The van der Waals surface area contributed by atoms with Crippen molar-refractivity contribution in [3.05, 3.63) is 0 Å². The number of ether oxygens (including phenoxy) is 1. The monoisotopic (exact) mass is 364 g/mol. The highest BCUT2D eigenvalue weighted by atomic mass is 16.5. The molecule has 148 valence electrons. The van der Waals surface area contributed by atoms with Gasteiger partial charge in [-0.25, -0.2) is 0 Å². The van der Waals surface area contributed by atoms with Crippen molar-refractivity contribution in [2.45, 2.75) is 82.8 Å². The Hall–Kier alpha value is -0.650. The van der Waals surface area contributed by atoms with Crippen molar-refractivity contribution in [1.29, 1.82) is 0 Å². The number of nitrogens with zero attached hydrogens (tertiary/aromatic N) is 1. The Labute approximate surface area is 157 Å². The van der Waals surface area contributed by atoms with E-state index in [1.807, 2.05) is 0 Å². The molecule has 26 heavy (non-hydrogen) atoms. The number of likely N-dealkylation sites (tertiary alicyclic amines) is 1. The van der Waals surface area contributed by atoms with Crippen LogP contribution in [-0.4, -0.2) is 60.9 Å². The first-order valence-corrected chi connectivity index (χ1v) is 10.9. The third-order valence-electron chi connectivity index (χ3n) is 7.27. The fraction of sp³-hybridized carbons (Fsp3) is 0.952. The number of aliphatic carboxylic acids is 1. The van der Waals surface area contributed by atoms with E-state index in [1.54, 1.807) is 0 Å². The Morgan fingerprint density at radius 2 is 1.73 bits per heavy atom. The van der Waals surface area contributed by atoms with Crippen molar-refractivity contribution in [1.82, 2.24) is 10.2 Å². The molecule has 1 saturated heterocycles. The van der Waals surface area contributed by atoms with Gasteiger partial charge < -0.3 is 20.1 Å². The standard InChI is InChI=1S/C21H36N2O3/c24-19(25)21(8-9-21)15-23-12-10-20(11-13-23,14-22-17-6-7-17)16-26-18-4-2-1-3-5-18/h17-18,22H,1-16H2,(H,24,25). The predicted octanol–water partition coefficient (Wildman–Crippen LogP) is 3.03. The first kappa shape index (κ1) is 18.7. The van der Waals surface area contributed by atoms with Gasteiger partial charge in [0.05, 0.1) is 18.1 Å². The summed E-state index contributed by atoms with van der Waals surface area (Å²) in [5.41, 5.74) is -0.179. The lowest BCUT2D eigenvalue weighted by Crippen LogP contribution is -2.50. The van der Waals surface area contributed by atoms with Crippen LogP contribution in [0.15, 0.2) is 0 Å². The maximum atomic E-state index is 11.5. The molecule has 5 nitrogen and oxygen atoms in total. The molecular weight excluding hydrogens is 328 g/mol. The number of rotatable bonds is 9. The summed E-state index contributed by atoms with van der Waals surface area (Å²) in [7, 11) is 0. The van der Waals surface area contributed by atoms with Gasteiger partial charge in [-0.3, -0.25) is 4.79 Å². The number of hydrogen-bond acceptors (Lipinski definition) is 4. The maximum absolute atomic E-state index is 11.5. The molecule has 0 bridgehead atoms. The largest absolute Gasteiger partial charge is 0.481 e. The van der Waals surface area contributed by atoms with E-state index in [-0.39, 0.29) is 5.41 Å². The van der Waals surface area contributed by atoms with E-state index in [2.05, 4.69) is 10.2 Å². The molecule has 1 aliphatic heterocycles. The molecule has 3 saturated carbocycles. The highest BCUT2D eigenvalue weighted by molar-refractivity contribution is 5.78. The topological polar surface area (TPSA) is 61.8 Å². The Balaban J connectivity index is 1.29. The average Bonchev–Trinajstić information content (AvgIpc) is 3.57. The summed E-state index contributed by atoms with van der Waals surface area (Å²) in [4.78, 5) is 13.9. The first-order valence-electron chi connectivity index (χ1n) is 10.9. The summed E-state index contributed by atoms with van der Waals surface area (Å²) >= 11 is 0. The summed E-state index contributed by atoms with van der Waals surface area (Å²) in [6.45, 7) is 4.75. The summed E-state index contributed by atoms with van der Waals surface area (Å²) in [5.74, 6) is -0.592. The Bertz CT molecular complexity index is 487. The van der Waals surface area contributed by atoms with Crippen molar-refractivity contribution in [2.75, 3.05) is 32.8 Å². The molecular formula is C21H36N2O3. The zero-order valence-electron chi connectivity index (χ0n) is 16.2. The van der Waals surface area contributed by atoms with Crippen LogP contribution in [0, 0.1) is 10.8 Å². The van der Waals surface area contributed by atoms with Crippen molar-refractivity contribution >= 4 is 5.97 Å². The van der Waals surface area contributed by atoms with Gasteiger partial charge >= 0.3 is 5.97 Å². The molecule has 1 heterocycles. The molecule has 0 aromatic rings. The van der Waals surface area contributed by atoms with E-state index >= 15 is 0 Å². The zero-order chi connectivity index (χ0) is 18.0. The SMILES string of the molecule is O=C(O)C1(CN2CCC(CNC3CC3)(COC3CCCCC3)CC2)CC1. The molecule has 4 rings (SSSR count). The molecule has 2 N–H and O–H groups in total. The van der Waals surface area contributed by atoms with E-state index in [4.69, 9.17) is 4.74 Å². The number of hydrogen-bond donors (Lipinski definition) is 2. The van der Waals surface area contributed by atoms with Crippen LogP contribution in [0.1, 0.15) is 70.6 Å². The lowest BCUT2D eigenvalue weighted by molar-refractivity contribution is -0.144. The Morgan fingerprint density at radius 1 is 1.04 bits per heavy atom. The molecule has 5 heteroatoms. The smallest absolute Gasteiger partial charge is 0.310 e. The van der Waals surface area contributed by atoms with Crippen LogP contribution in [0.4, 0.5) is 0 Å². The number of nitrogens with one attached hydrogen (secondary N) is 1. The minimum atomic E-state index is -0.592. The summed E-state index contributed by atoms with van der Waals surface area (Å²) < 4.78 is 6.41. The van der Waals surface area contributed by atoms with Gasteiger partial charge in [-0.1, -0.05) is 19.3 Å². The van der Waals surface area contributed by atoms with Crippen LogP contribution in [0.5, 0.6) is 0 Å². The van der Waals surface area contributed by atoms with Crippen LogP contribution in [0.25, 0.3) is 0 Å². The van der Waals surface area contributed by atoms with E-state index in [0.717, 1.165) is 64.5 Å². The maximum Gasteiger partial charge on any atom is 0.310 e. The third kappa shape index (κ3) is 4.60. The molecule has 0 aromatic heterocycles. The molecule has 4 aliphatic rings. The molecule has 0 amide bonds. The third-order valence-corrected chi connectivity index (χ3v) is 7.27. The van der Waals surface area contributed by atoms with Gasteiger partial charge in [0.2, 0.25) is 0 Å². The highest BCUT2D eigenvalue weighted by Gasteiger charge is 2.51. The van der Waals surface area contributed by atoms with Gasteiger partial charge in [-0.2, -0.15) is 0 Å². The van der Waals surface area contributed by atoms with Gasteiger partial charge in [0.1, 0.15) is 0 Å². The van der Waals surface area contributed by atoms with E-state index < -0.39 is 11.4 Å². The van der Waals surface area contributed by atoms with Gasteiger partial charge in [0.25, 0.3) is 0 Å². The number of piperidine rings is 1. The van der Waals surface area contributed by atoms with Crippen LogP contribution < -0.4 is 5.32 Å². The molecule has 0 spiro atoms. The van der Waals surface area contributed by atoms with Gasteiger partial charge in [0, 0.05) is 24.5 Å². The van der Waals surface area contributed by atoms with Crippen molar-refractivity contribution in [2.24, 2.45) is 10.8 Å². The van der Waals surface area contributed by atoms with Crippen LogP contribution >= 0.6 is 0 Å². The Kier molecular flexibility index (Phi) is 5.58. The van der Waals surface area contributed by atoms with Gasteiger partial charge in [-0.05, 0) is 64.5 Å². The number of carboxylic acids is 1. The number of carbonyl (C=O) groups is 1. The molecule has 4 fully saturated rings. The van der Waals surface area contributed by atoms with Crippen molar-refractivity contribution < 1.29 is 14.6 Å². The predicted molar refractivity (Wildman–Crippen MR) is 101 cm³/mol. The summed E-state index contributed by atoms with van der Waals surface area (Å²) in [6, 6.07) is 0.737. The van der Waals surface area contributed by atoms with Crippen molar-refractivity contribution in [3.8, 4) is 0 Å². The lowest BCUT2D eigenvalue weighted by Gasteiger charge is -2.43. The second kappa shape index (κ2) is 7.76. The fourth-order valence-corrected chi connectivity index (χ4v) is 4.75. The fourth-order valence-electron chi connectivity index (χ4n) is 4.75. The molecule has 0 aromatic carbocycles. The summed E-state index contributed by atoms with van der Waals surface area (Å²) in [5, 5.41) is 13.2. The summed E-state index contributed by atoms with van der Waals surface area (Å²) in [6.07, 6.45) is 13.6. The first-order chi connectivity index (χ1) is 12.6. The second-order valence-electron chi connectivity index (χ2n) is 9.59. The molecule has 0 unspecified atom stereocenters. The van der Waals surface area contributed by atoms with E-state index in [0.29, 0.717) is 6.10 Å². The highest BCUT2D eigenvalue weighted by Crippen LogP contribution is 2.47. The Morgan fingerprint density at radius 3 is 2.31 bits per heavy atom.